The van der Waals surface area contributed by atoms with Crippen molar-refractivity contribution >= 4 is 11.8 Å². The minimum Gasteiger partial charge on any atom is -0.355 e. The summed E-state index contributed by atoms with van der Waals surface area (Å²) in [5, 5.41) is 6.44. The Morgan fingerprint density at radius 2 is 1.82 bits per heavy atom. The number of piperidine rings is 1. The predicted octanol–water partition coefficient (Wildman–Crippen LogP) is 2.82. The van der Waals surface area contributed by atoms with Gasteiger partial charge in [0.25, 0.3) is 0 Å². The topological polar surface area (TPSA) is 61.4 Å². The van der Waals surface area contributed by atoms with E-state index in [0.717, 1.165) is 44.5 Å². The molecule has 0 radical (unpaired) electrons. The van der Waals surface area contributed by atoms with Crippen LogP contribution in [0, 0.1) is 5.92 Å². The van der Waals surface area contributed by atoms with Crippen molar-refractivity contribution in [2.75, 3.05) is 26.2 Å². The average molecular weight is 384 g/mol. The summed E-state index contributed by atoms with van der Waals surface area (Å²) in [6.07, 6.45) is 9.22. The molecule has 152 valence electrons. The molecule has 3 aliphatic rings. The van der Waals surface area contributed by atoms with E-state index in [2.05, 4.69) is 27.7 Å². The number of benzene rings is 1. The Bertz CT molecular complexity index is 676. The Kier molecular flexibility index (Phi) is 6.00. The van der Waals surface area contributed by atoms with Crippen molar-refractivity contribution in [3.8, 4) is 0 Å². The highest BCUT2D eigenvalue weighted by Crippen LogP contribution is 2.39. The molecule has 28 heavy (non-hydrogen) atoms. The van der Waals surface area contributed by atoms with E-state index >= 15 is 0 Å². The van der Waals surface area contributed by atoms with Crippen LogP contribution in [0.15, 0.2) is 30.3 Å². The Balaban J connectivity index is 1.23. The third kappa shape index (κ3) is 4.57. The maximum absolute atomic E-state index is 12.6. The molecular weight excluding hydrogens is 350 g/mol. The van der Waals surface area contributed by atoms with Crippen LogP contribution in [-0.2, 0) is 9.59 Å². The monoisotopic (exact) mass is 383 g/mol. The quantitative estimate of drug-likeness (QED) is 0.822. The van der Waals surface area contributed by atoms with E-state index in [9.17, 15) is 9.59 Å². The molecule has 1 atom stereocenters. The maximum atomic E-state index is 12.6. The van der Waals surface area contributed by atoms with Crippen molar-refractivity contribution < 1.29 is 9.59 Å². The van der Waals surface area contributed by atoms with Crippen molar-refractivity contribution in [2.24, 2.45) is 5.92 Å². The average Bonchev–Trinajstić information content (AvgIpc) is 3.06. The van der Waals surface area contributed by atoms with Crippen LogP contribution in [0.4, 0.5) is 0 Å². The first-order chi connectivity index (χ1) is 13.6. The number of rotatable bonds is 5. The summed E-state index contributed by atoms with van der Waals surface area (Å²) in [6, 6.07) is 10.1. The molecule has 1 aliphatic carbocycles. The Hall–Kier alpha value is -1.88. The molecule has 1 spiro atoms. The van der Waals surface area contributed by atoms with Crippen LogP contribution in [0.5, 0.6) is 0 Å². The fraction of sp³-hybridized carbons (Fsp3) is 0.652. The minimum absolute atomic E-state index is 0.0356. The van der Waals surface area contributed by atoms with Crippen molar-refractivity contribution in [2.45, 2.75) is 62.8 Å². The molecule has 4 rings (SSSR count). The third-order valence-corrected chi connectivity index (χ3v) is 6.99. The van der Waals surface area contributed by atoms with Gasteiger partial charge in [0.15, 0.2) is 0 Å². The standard InChI is InChI=1S/C23H33N3O2/c27-21(24-16-18-7-3-1-4-8-18)17-26-13-11-23(12-14-26)15-20(22(28)25-23)19-9-5-2-6-10-19/h2,5-6,9-10,18,20H,1,3-4,7-8,11-17H2,(H,24,27)(H,25,28)/t20-/m1/s1. The number of nitrogens with one attached hydrogen (secondary N) is 2. The zero-order valence-electron chi connectivity index (χ0n) is 16.8. The summed E-state index contributed by atoms with van der Waals surface area (Å²) in [4.78, 5) is 27.1. The Morgan fingerprint density at radius 1 is 1.11 bits per heavy atom. The lowest BCUT2D eigenvalue weighted by Gasteiger charge is -2.39. The molecule has 2 N–H and O–H groups in total. The van der Waals surface area contributed by atoms with Crippen LogP contribution in [0.2, 0.25) is 0 Å². The zero-order valence-corrected chi connectivity index (χ0v) is 16.8. The van der Waals surface area contributed by atoms with Gasteiger partial charge in [-0.1, -0.05) is 49.6 Å². The lowest BCUT2D eigenvalue weighted by atomic mass is 9.82. The van der Waals surface area contributed by atoms with Crippen LogP contribution >= 0.6 is 0 Å². The summed E-state index contributed by atoms with van der Waals surface area (Å²) < 4.78 is 0. The normalized spacial score (nSPS) is 25.6. The number of hydrogen-bond acceptors (Lipinski definition) is 3. The molecule has 2 aliphatic heterocycles. The summed E-state index contributed by atoms with van der Waals surface area (Å²) in [6.45, 7) is 3.07. The van der Waals surface area contributed by atoms with Gasteiger partial charge >= 0.3 is 0 Å². The number of carbonyl (C=O) groups excluding carboxylic acids is 2. The van der Waals surface area contributed by atoms with Crippen LogP contribution in [0.3, 0.4) is 0 Å². The fourth-order valence-electron chi connectivity index (χ4n) is 5.21. The molecule has 0 bridgehead atoms. The largest absolute Gasteiger partial charge is 0.355 e. The van der Waals surface area contributed by atoms with E-state index in [1.165, 1.54) is 32.1 Å². The maximum Gasteiger partial charge on any atom is 0.234 e. The number of likely N-dealkylation sites (tertiary alicyclic amines) is 1. The summed E-state index contributed by atoms with van der Waals surface area (Å²) in [7, 11) is 0. The molecule has 0 aromatic heterocycles. The predicted molar refractivity (Wildman–Crippen MR) is 110 cm³/mol. The molecule has 3 fully saturated rings. The van der Waals surface area contributed by atoms with E-state index < -0.39 is 0 Å². The van der Waals surface area contributed by atoms with Crippen LogP contribution in [0.25, 0.3) is 0 Å². The fourth-order valence-corrected chi connectivity index (χ4v) is 5.21. The van der Waals surface area contributed by atoms with Gasteiger partial charge in [0.05, 0.1) is 12.5 Å². The van der Waals surface area contributed by atoms with E-state index in [1.807, 2.05) is 18.2 Å². The number of carbonyl (C=O) groups is 2. The molecule has 5 nitrogen and oxygen atoms in total. The first-order valence-corrected chi connectivity index (χ1v) is 11.0. The first-order valence-electron chi connectivity index (χ1n) is 11.0. The molecule has 1 aromatic carbocycles. The molecule has 2 saturated heterocycles. The number of amides is 2. The van der Waals surface area contributed by atoms with Gasteiger partial charge in [0, 0.05) is 25.2 Å². The van der Waals surface area contributed by atoms with Gasteiger partial charge in [-0.15, -0.1) is 0 Å². The third-order valence-electron chi connectivity index (χ3n) is 6.99. The number of nitrogens with zero attached hydrogens (tertiary/aromatic N) is 1. The highest BCUT2D eigenvalue weighted by molar-refractivity contribution is 5.87. The van der Waals surface area contributed by atoms with E-state index in [1.54, 1.807) is 0 Å². The van der Waals surface area contributed by atoms with Crippen molar-refractivity contribution in [1.82, 2.24) is 15.5 Å². The molecular formula is C23H33N3O2. The first kappa shape index (κ1) is 19.4. The SMILES string of the molecule is O=C(CN1CCC2(CC1)C[C@H](c1ccccc1)C(=O)N2)NCC1CCCCC1. The zero-order chi connectivity index (χ0) is 19.4. The van der Waals surface area contributed by atoms with Gasteiger partial charge in [-0.2, -0.15) is 0 Å². The van der Waals surface area contributed by atoms with Crippen molar-refractivity contribution in [3.63, 3.8) is 0 Å². The molecule has 2 heterocycles. The van der Waals surface area contributed by atoms with Gasteiger partial charge < -0.3 is 10.6 Å². The van der Waals surface area contributed by atoms with Crippen molar-refractivity contribution in [3.05, 3.63) is 35.9 Å². The second kappa shape index (κ2) is 8.64. The van der Waals surface area contributed by atoms with Gasteiger partial charge in [-0.05, 0) is 43.6 Å². The smallest absolute Gasteiger partial charge is 0.234 e. The second-order valence-corrected chi connectivity index (χ2v) is 9.02. The molecule has 1 aromatic rings. The minimum atomic E-state index is -0.0906. The Labute approximate surface area is 168 Å². The summed E-state index contributed by atoms with van der Waals surface area (Å²) in [5.41, 5.74) is 1.02. The van der Waals surface area contributed by atoms with Gasteiger partial charge in [0.1, 0.15) is 0 Å². The van der Waals surface area contributed by atoms with Crippen LogP contribution in [0.1, 0.15) is 62.8 Å². The Morgan fingerprint density at radius 3 is 2.54 bits per heavy atom. The molecule has 5 heteroatoms. The highest BCUT2D eigenvalue weighted by Gasteiger charge is 2.46. The number of hydrogen-bond donors (Lipinski definition) is 2. The molecule has 2 amide bonds. The lowest BCUT2D eigenvalue weighted by Crippen LogP contribution is -2.52. The summed E-state index contributed by atoms with van der Waals surface area (Å²) in [5.74, 6) is 0.946. The van der Waals surface area contributed by atoms with Crippen LogP contribution < -0.4 is 10.6 Å². The van der Waals surface area contributed by atoms with Gasteiger partial charge in [0.2, 0.25) is 11.8 Å². The lowest BCUT2D eigenvalue weighted by molar-refractivity contribution is -0.124. The van der Waals surface area contributed by atoms with Gasteiger partial charge in [-0.25, -0.2) is 0 Å². The van der Waals surface area contributed by atoms with Crippen LogP contribution in [-0.4, -0.2) is 48.4 Å². The highest BCUT2D eigenvalue weighted by atomic mass is 16.2. The summed E-state index contributed by atoms with van der Waals surface area (Å²) >= 11 is 0. The second-order valence-electron chi connectivity index (χ2n) is 9.02. The molecule has 0 unspecified atom stereocenters. The molecule has 1 saturated carbocycles. The van der Waals surface area contributed by atoms with Gasteiger partial charge in [-0.3, -0.25) is 14.5 Å². The van der Waals surface area contributed by atoms with Crippen molar-refractivity contribution in [1.29, 1.82) is 0 Å². The van der Waals surface area contributed by atoms with E-state index in [4.69, 9.17) is 0 Å². The van der Waals surface area contributed by atoms with E-state index in [-0.39, 0.29) is 23.3 Å². The van der Waals surface area contributed by atoms with E-state index in [0.29, 0.717) is 12.5 Å².